The first-order valence-corrected chi connectivity index (χ1v) is 10.4. The van der Waals surface area contributed by atoms with Crippen LogP contribution in [0.4, 0.5) is 5.69 Å². The van der Waals surface area contributed by atoms with Gasteiger partial charge in [0.1, 0.15) is 5.76 Å². The number of furan rings is 1. The van der Waals surface area contributed by atoms with Crippen molar-refractivity contribution in [3.63, 3.8) is 0 Å². The Morgan fingerprint density at radius 1 is 1.17 bits per heavy atom. The monoisotopic (exact) mass is 487 g/mol. The third kappa shape index (κ3) is 4.49. The average molecular weight is 489 g/mol. The summed E-state index contributed by atoms with van der Waals surface area (Å²) in [6, 6.07) is 11.0. The Labute approximate surface area is 186 Å². The quantitative estimate of drug-likeness (QED) is 0.412. The van der Waals surface area contributed by atoms with E-state index in [9.17, 15) is 4.79 Å². The van der Waals surface area contributed by atoms with Gasteiger partial charge in [-0.3, -0.25) is 14.2 Å². The van der Waals surface area contributed by atoms with Gasteiger partial charge in [0.2, 0.25) is 0 Å². The minimum atomic E-state index is -0.309. The molecule has 0 atom stereocenters. The molecule has 0 aliphatic rings. The molecule has 9 heteroatoms. The van der Waals surface area contributed by atoms with E-state index in [4.69, 9.17) is 16.0 Å². The zero-order valence-corrected chi connectivity index (χ0v) is 18.7. The van der Waals surface area contributed by atoms with Gasteiger partial charge in [0.15, 0.2) is 5.76 Å². The Bertz CT molecular complexity index is 1190. The first kappa shape index (κ1) is 20.4. The van der Waals surface area contributed by atoms with Gasteiger partial charge in [0.05, 0.1) is 40.2 Å². The molecule has 0 saturated heterocycles. The van der Waals surface area contributed by atoms with Gasteiger partial charge in [0, 0.05) is 11.9 Å². The Morgan fingerprint density at radius 2 is 1.93 bits per heavy atom. The van der Waals surface area contributed by atoms with E-state index in [0.29, 0.717) is 29.6 Å². The van der Waals surface area contributed by atoms with Crippen molar-refractivity contribution >= 4 is 39.1 Å². The lowest BCUT2D eigenvalue weighted by Crippen LogP contribution is -2.11. The third-order valence-electron chi connectivity index (χ3n) is 4.64. The molecule has 0 bridgehead atoms. The lowest BCUT2D eigenvalue weighted by molar-refractivity contribution is 0.0994. The van der Waals surface area contributed by atoms with E-state index in [1.165, 1.54) is 0 Å². The number of benzene rings is 1. The van der Waals surface area contributed by atoms with Crippen LogP contribution >= 0.6 is 27.5 Å². The van der Waals surface area contributed by atoms with Crippen LogP contribution in [0.5, 0.6) is 0 Å². The minimum Gasteiger partial charge on any atom is -0.454 e. The molecular formula is C21H19BrClN5O2. The van der Waals surface area contributed by atoms with E-state index in [0.717, 1.165) is 21.4 Å². The van der Waals surface area contributed by atoms with Crippen molar-refractivity contribution in [2.75, 3.05) is 5.32 Å². The highest BCUT2D eigenvalue weighted by Crippen LogP contribution is 2.21. The van der Waals surface area contributed by atoms with Crippen LogP contribution in [0.15, 0.2) is 57.7 Å². The maximum absolute atomic E-state index is 12.5. The van der Waals surface area contributed by atoms with Crippen molar-refractivity contribution in [1.82, 2.24) is 19.6 Å². The van der Waals surface area contributed by atoms with Crippen LogP contribution in [0.25, 0.3) is 0 Å². The number of nitrogens with zero attached hydrogens (tertiary/aromatic N) is 4. The molecule has 0 saturated carbocycles. The van der Waals surface area contributed by atoms with Crippen LogP contribution < -0.4 is 5.32 Å². The van der Waals surface area contributed by atoms with Crippen LogP contribution in [0.2, 0.25) is 5.02 Å². The second-order valence-corrected chi connectivity index (χ2v) is 8.21. The number of carbonyl (C=O) groups is 1. The molecule has 4 aromatic rings. The number of hydrogen-bond donors (Lipinski definition) is 1. The van der Waals surface area contributed by atoms with Crippen LogP contribution in [0.3, 0.4) is 0 Å². The molecule has 30 heavy (non-hydrogen) atoms. The summed E-state index contributed by atoms with van der Waals surface area (Å²) in [5.41, 5.74) is 3.39. The summed E-state index contributed by atoms with van der Waals surface area (Å²) in [4.78, 5) is 12.5. The van der Waals surface area contributed by atoms with Gasteiger partial charge in [-0.25, -0.2) is 0 Å². The second-order valence-electron chi connectivity index (χ2n) is 6.92. The van der Waals surface area contributed by atoms with Crippen molar-refractivity contribution in [3.05, 3.63) is 86.8 Å². The predicted molar refractivity (Wildman–Crippen MR) is 118 cm³/mol. The summed E-state index contributed by atoms with van der Waals surface area (Å²) in [6.07, 6.45) is 3.65. The SMILES string of the molecule is Cc1nn(Cc2ccc(C(=O)Nc3ccc(Cn4cc(Br)cn4)cc3)o2)c(C)c1Cl. The van der Waals surface area contributed by atoms with Crippen LogP contribution in [0, 0.1) is 13.8 Å². The first-order chi connectivity index (χ1) is 14.4. The van der Waals surface area contributed by atoms with E-state index in [2.05, 4.69) is 31.4 Å². The molecule has 1 N–H and O–H groups in total. The Hall–Kier alpha value is -2.84. The molecule has 3 aromatic heterocycles. The fourth-order valence-electron chi connectivity index (χ4n) is 3.06. The molecule has 0 radical (unpaired) electrons. The minimum absolute atomic E-state index is 0.239. The largest absolute Gasteiger partial charge is 0.454 e. The van der Waals surface area contributed by atoms with Gasteiger partial charge >= 0.3 is 0 Å². The van der Waals surface area contributed by atoms with Gasteiger partial charge in [-0.15, -0.1) is 0 Å². The van der Waals surface area contributed by atoms with Crippen molar-refractivity contribution < 1.29 is 9.21 Å². The standard InChI is InChI=1S/C21H19BrClN5O2/c1-13-20(23)14(2)28(26-13)12-18-7-8-19(30-18)21(29)25-17-5-3-15(4-6-17)10-27-11-16(22)9-24-27/h3-9,11H,10,12H2,1-2H3,(H,25,29). The third-order valence-corrected chi connectivity index (χ3v) is 5.60. The summed E-state index contributed by atoms with van der Waals surface area (Å²) < 4.78 is 10.2. The molecule has 4 rings (SSSR count). The molecule has 3 heterocycles. The smallest absolute Gasteiger partial charge is 0.291 e. The summed E-state index contributed by atoms with van der Waals surface area (Å²) in [7, 11) is 0. The molecule has 0 spiro atoms. The number of rotatable bonds is 6. The molecule has 1 amide bonds. The van der Waals surface area contributed by atoms with Crippen molar-refractivity contribution in [2.24, 2.45) is 0 Å². The normalized spacial score (nSPS) is 11.1. The summed E-state index contributed by atoms with van der Waals surface area (Å²) >= 11 is 9.57. The number of aryl methyl sites for hydroxylation is 1. The first-order valence-electron chi connectivity index (χ1n) is 9.25. The molecule has 154 valence electrons. The number of anilines is 1. The van der Waals surface area contributed by atoms with Crippen molar-refractivity contribution in [2.45, 2.75) is 26.9 Å². The summed E-state index contributed by atoms with van der Waals surface area (Å²) in [5, 5.41) is 12.1. The highest BCUT2D eigenvalue weighted by Gasteiger charge is 2.14. The summed E-state index contributed by atoms with van der Waals surface area (Å²) in [5.74, 6) is 0.558. The van der Waals surface area contributed by atoms with Gasteiger partial charge in [-0.1, -0.05) is 23.7 Å². The highest BCUT2D eigenvalue weighted by molar-refractivity contribution is 9.10. The molecule has 1 aromatic carbocycles. The van der Waals surface area contributed by atoms with E-state index in [-0.39, 0.29) is 11.7 Å². The lowest BCUT2D eigenvalue weighted by atomic mass is 10.2. The maximum Gasteiger partial charge on any atom is 0.291 e. The fourth-order valence-corrected chi connectivity index (χ4v) is 3.52. The number of nitrogens with one attached hydrogen (secondary N) is 1. The fraction of sp³-hybridized carbons (Fsp3) is 0.190. The Morgan fingerprint density at radius 3 is 2.57 bits per heavy atom. The van der Waals surface area contributed by atoms with E-state index in [1.54, 1.807) is 23.0 Å². The van der Waals surface area contributed by atoms with E-state index < -0.39 is 0 Å². The van der Waals surface area contributed by atoms with E-state index in [1.807, 2.05) is 49.0 Å². The second kappa shape index (κ2) is 8.49. The maximum atomic E-state index is 12.5. The van der Waals surface area contributed by atoms with Gasteiger partial charge in [0.25, 0.3) is 5.91 Å². The number of halogens is 2. The zero-order valence-electron chi connectivity index (χ0n) is 16.4. The molecule has 0 unspecified atom stereocenters. The van der Waals surface area contributed by atoms with Crippen molar-refractivity contribution in [1.29, 1.82) is 0 Å². The Balaban J connectivity index is 1.38. The van der Waals surface area contributed by atoms with Crippen LogP contribution in [-0.4, -0.2) is 25.5 Å². The molecule has 0 aliphatic carbocycles. The lowest BCUT2D eigenvalue weighted by Gasteiger charge is -2.06. The topological polar surface area (TPSA) is 77.9 Å². The van der Waals surface area contributed by atoms with Gasteiger partial charge in [-0.05, 0) is 59.6 Å². The number of hydrogen-bond acceptors (Lipinski definition) is 4. The zero-order chi connectivity index (χ0) is 21.3. The van der Waals surface area contributed by atoms with E-state index >= 15 is 0 Å². The molecule has 0 fully saturated rings. The number of aromatic nitrogens is 4. The number of carbonyl (C=O) groups excluding carboxylic acids is 1. The van der Waals surface area contributed by atoms with Crippen LogP contribution in [-0.2, 0) is 13.1 Å². The van der Waals surface area contributed by atoms with Crippen molar-refractivity contribution in [3.8, 4) is 0 Å². The molecule has 7 nitrogen and oxygen atoms in total. The van der Waals surface area contributed by atoms with Gasteiger partial charge < -0.3 is 9.73 Å². The highest BCUT2D eigenvalue weighted by atomic mass is 79.9. The average Bonchev–Trinajstić information content (AvgIpc) is 3.41. The van der Waals surface area contributed by atoms with Crippen LogP contribution in [0.1, 0.15) is 33.3 Å². The molecule has 0 aliphatic heterocycles. The predicted octanol–water partition coefficient (Wildman–Crippen LogP) is 5.05. The van der Waals surface area contributed by atoms with Gasteiger partial charge in [-0.2, -0.15) is 10.2 Å². The summed E-state index contributed by atoms with van der Waals surface area (Å²) in [6.45, 7) is 4.81. The molecular weight excluding hydrogens is 470 g/mol. The number of amides is 1. The Kier molecular flexibility index (Phi) is 5.78.